The Morgan fingerprint density at radius 3 is 2.32 bits per heavy atom. The van der Waals surface area contributed by atoms with Crippen molar-refractivity contribution in [2.45, 2.75) is 11.6 Å². The van der Waals surface area contributed by atoms with Crippen molar-refractivity contribution < 1.29 is 13.9 Å². The number of rotatable bonds is 8. The molecule has 0 saturated carbocycles. The van der Waals surface area contributed by atoms with Gasteiger partial charge in [0.25, 0.3) is 5.22 Å². The van der Waals surface area contributed by atoms with E-state index < -0.39 is 0 Å². The molecule has 1 N–H and O–H groups in total. The molecule has 156 valence electrons. The minimum absolute atomic E-state index is 0.163. The highest BCUT2D eigenvalue weighted by atomic mass is 35.5. The van der Waals surface area contributed by atoms with E-state index in [-0.39, 0.29) is 11.7 Å². The first-order valence-electron chi connectivity index (χ1n) is 9.46. The second-order valence-corrected chi connectivity index (χ2v) is 7.90. The van der Waals surface area contributed by atoms with Crippen molar-refractivity contribution in [3.63, 3.8) is 0 Å². The van der Waals surface area contributed by atoms with Crippen LogP contribution in [-0.4, -0.2) is 21.9 Å². The van der Waals surface area contributed by atoms with E-state index in [1.54, 1.807) is 48.5 Å². The Morgan fingerprint density at radius 1 is 0.935 bits per heavy atom. The third-order valence-corrected chi connectivity index (χ3v) is 5.23. The summed E-state index contributed by atoms with van der Waals surface area (Å²) in [6, 6.07) is 24.1. The summed E-state index contributed by atoms with van der Waals surface area (Å²) in [6.07, 6.45) is 0.561. The predicted molar refractivity (Wildman–Crippen MR) is 121 cm³/mol. The Balaban J connectivity index is 1.25. The summed E-state index contributed by atoms with van der Waals surface area (Å²) in [4.78, 5) is 12.2. The SMILES string of the molecule is O=C(CSc1nnc(Cc2ccccc2)o1)Nc1ccc(Oc2ccc(Cl)cc2)cc1. The van der Waals surface area contributed by atoms with Gasteiger partial charge in [0.15, 0.2) is 0 Å². The molecule has 1 aromatic heterocycles. The fourth-order valence-corrected chi connectivity index (χ4v) is 3.41. The average molecular weight is 452 g/mol. The van der Waals surface area contributed by atoms with E-state index in [9.17, 15) is 4.79 Å². The Bertz CT molecular complexity index is 1130. The Hall–Kier alpha value is -3.29. The molecule has 0 aliphatic heterocycles. The first-order chi connectivity index (χ1) is 15.1. The van der Waals surface area contributed by atoms with Crippen LogP contribution in [0.25, 0.3) is 0 Å². The number of carbonyl (C=O) groups excluding carboxylic acids is 1. The molecule has 0 aliphatic rings. The van der Waals surface area contributed by atoms with Crippen LogP contribution in [0.3, 0.4) is 0 Å². The second-order valence-electron chi connectivity index (χ2n) is 6.54. The number of halogens is 1. The number of thioether (sulfide) groups is 1. The van der Waals surface area contributed by atoms with Crippen molar-refractivity contribution in [1.82, 2.24) is 10.2 Å². The van der Waals surface area contributed by atoms with E-state index in [1.807, 2.05) is 30.3 Å². The molecule has 8 heteroatoms. The third-order valence-electron chi connectivity index (χ3n) is 4.16. The number of hydrogen-bond acceptors (Lipinski definition) is 6. The van der Waals surface area contributed by atoms with Gasteiger partial charge in [-0.05, 0) is 54.1 Å². The molecule has 3 aromatic carbocycles. The predicted octanol–water partition coefficient (Wildman–Crippen LogP) is 5.84. The maximum absolute atomic E-state index is 12.2. The van der Waals surface area contributed by atoms with Gasteiger partial charge in [-0.25, -0.2) is 0 Å². The first-order valence-corrected chi connectivity index (χ1v) is 10.8. The average Bonchev–Trinajstić information content (AvgIpc) is 3.23. The van der Waals surface area contributed by atoms with Crippen molar-refractivity contribution in [2.75, 3.05) is 11.1 Å². The monoisotopic (exact) mass is 451 g/mol. The summed E-state index contributed by atoms with van der Waals surface area (Å²) in [5.74, 6) is 1.86. The molecule has 0 atom stereocenters. The van der Waals surface area contributed by atoms with Gasteiger partial charge in [-0.2, -0.15) is 0 Å². The van der Waals surface area contributed by atoms with Crippen molar-refractivity contribution in [1.29, 1.82) is 0 Å². The second kappa shape index (κ2) is 10.1. The number of anilines is 1. The van der Waals surface area contributed by atoms with Gasteiger partial charge in [0.05, 0.1) is 12.2 Å². The normalized spacial score (nSPS) is 10.6. The van der Waals surface area contributed by atoms with Gasteiger partial charge in [-0.15, -0.1) is 10.2 Å². The smallest absolute Gasteiger partial charge is 0.277 e. The number of nitrogens with one attached hydrogen (secondary N) is 1. The molecule has 31 heavy (non-hydrogen) atoms. The molecule has 0 radical (unpaired) electrons. The van der Waals surface area contributed by atoms with Gasteiger partial charge >= 0.3 is 0 Å². The minimum Gasteiger partial charge on any atom is -0.457 e. The zero-order chi connectivity index (χ0) is 21.5. The van der Waals surface area contributed by atoms with Gasteiger partial charge in [-0.1, -0.05) is 53.7 Å². The molecule has 0 bridgehead atoms. The molecule has 0 spiro atoms. The van der Waals surface area contributed by atoms with Crippen LogP contribution in [0.4, 0.5) is 5.69 Å². The van der Waals surface area contributed by atoms with Crippen molar-refractivity contribution >= 4 is 35.0 Å². The van der Waals surface area contributed by atoms with Gasteiger partial charge in [-0.3, -0.25) is 4.79 Å². The van der Waals surface area contributed by atoms with Gasteiger partial charge < -0.3 is 14.5 Å². The molecular weight excluding hydrogens is 434 g/mol. The Labute approximate surface area is 188 Å². The van der Waals surface area contributed by atoms with E-state index in [4.69, 9.17) is 20.8 Å². The highest BCUT2D eigenvalue weighted by molar-refractivity contribution is 7.99. The highest BCUT2D eigenvalue weighted by Crippen LogP contribution is 2.25. The van der Waals surface area contributed by atoms with E-state index in [2.05, 4.69) is 15.5 Å². The molecule has 0 fully saturated rings. The van der Waals surface area contributed by atoms with Crippen LogP contribution in [0.1, 0.15) is 11.5 Å². The Kier molecular flexibility index (Phi) is 6.86. The van der Waals surface area contributed by atoms with Crippen LogP contribution in [0, 0.1) is 0 Å². The molecule has 4 aromatic rings. The number of amides is 1. The lowest BCUT2D eigenvalue weighted by atomic mass is 10.2. The molecule has 1 heterocycles. The van der Waals surface area contributed by atoms with Gasteiger partial charge in [0, 0.05) is 10.7 Å². The topological polar surface area (TPSA) is 77.2 Å². The summed E-state index contributed by atoms with van der Waals surface area (Å²) >= 11 is 7.07. The zero-order valence-corrected chi connectivity index (χ0v) is 17.9. The lowest BCUT2D eigenvalue weighted by Crippen LogP contribution is -2.13. The van der Waals surface area contributed by atoms with E-state index in [0.717, 1.165) is 5.56 Å². The van der Waals surface area contributed by atoms with Crippen LogP contribution in [0.5, 0.6) is 11.5 Å². The van der Waals surface area contributed by atoms with Crippen LogP contribution in [0.15, 0.2) is 88.5 Å². The third kappa shape index (κ3) is 6.34. The number of carbonyl (C=O) groups is 1. The number of hydrogen-bond donors (Lipinski definition) is 1. The van der Waals surface area contributed by atoms with Crippen LogP contribution in [-0.2, 0) is 11.2 Å². The molecule has 4 rings (SSSR count). The number of nitrogens with zero attached hydrogens (tertiary/aromatic N) is 2. The standard InChI is InChI=1S/C23H18ClN3O3S/c24-17-6-10-19(11-7-17)29-20-12-8-18(9-13-20)25-21(28)15-31-23-27-26-22(30-23)14-16-4-2-1-3-5-16/h1-13H,14-15H2,(H,25,28). The van der Waals surface area contributed by atoms with Crippen molar-refractivity contribution in [3.05, 3.63) is 95.3 Å². The summed E-state index contributed by atoms with van der Waals surface area (Å²) < 4.78 is 11.3. The van der Waals surface area contributed by atoms with Crippen molar-refractivity contribution in [3.8, 4) is 11.5 Å². The quantitative estimate of drug-likeness (QED) is 0.339. The molecular formula is C23H18ClN3O3S. The van der Waals surface area contributed by atoms with Gasteiger partial charge in [0.2, 0.25) is 11.8 Å². The molecule has 6 nitrogen and oxygen atoms in total. The molecule has 0 aliphatic carbocycles. The molecule has 0 saturated heterocycles. The number of aromatic nitrogens is 2. The summed E-state index contributed by atoms with van der Waals surface area (Å²) in [5, 5.41) is 11.9. The number of ether oxygens (including phenoxy) is 1. The minimum atomic E-state index is -0.167. The fraction of sp³-hybridized carbons (Fsp3) is 0.0870. The summed E-state index contributed by atoms with van der Waals surface area (Å²) in [7, 11) is 0. The van der Waals surface area contributed by atoms with Crippen LogP contribution >= 0.6 is 23.4 Å². The van der Waals surface area contributed by atoms with E-state index in [1.165, 1.54) is 11.8 Å². The summed E-state index contributed by atoms with van der Waals surface area (Å²) in [5.41, 5.74) is 1.76. The molecule has 0 unspecified atom stereocenters. The Morgan fingerprint density at radius 2 is 1.61 bits per heavy atom. The van der Waals surface area contributed by atoms with Crippen LogP contribution < -0.4 is 10.1 Å². The maximum Gasteiger partial charge on any atom is 0.277 e. The lowest BCUT2D eigenvalue weighted by molar-refractivity contribution is -0.113. The van der Waals surface area contributed by atoms with Crippen LogP contribution in [0.2, 0.25) is 5.02 Å². The molecule has 1 amide bonds. The number of benzene rings is 3. The first kappa shape index (κ1) is 21.0. The van der Waals surface area contributed by atoms with E-state index >= 15 is 0 Å². The maximum atomic E-state index is 12.2. The largest absolute Gasteiger partial charge is 0.457 e. The van der Waals surface area contributed by atoms with Gasteiger partial charge in [0.1, 0.15) is 11.5 Å². The lowest BCUT2D eigenvalue weighted by Gasteiger charge is -2.08. The van der Waals surface area contributed by atoms with Crippen molar-refractivity contribution in [2.24, 2.45) is 0 Å². The van der Waals surface area contributed by atoms with E-state index in [0.29, 0.717) is 39.7 Å². The fourth-order valence-electron chi connectivity index (χ4n) is 2.71. The zero-order valence-electron chi connectivity index (χ0n) is 16.3. The summed E-state index contributed by atoms with van der Waals surface area (Å²) in [6.45, 7) is 0. The highest BCUT2D eigenvalue weighted by Gasteiger charge is 2.11.